The van der Waals surface area contributed by atoms with Crippen LogP contribution < -0.4 is 10.1 Å². The van der Waals surface area contributed by atoms with E-state index in [1.807, 2.05) is 0 Å². The second-order valence-corrected chi connectivity index (χ2v) is 7.37. The highest BCUT2D eigenvalue weighted by molar-refractivity contribution is 5.90. The van der Waals surface area contributed by atoms with Crippen LogP contribution in [-0.4, -0.2) is 35.9 Å². The molecule has 0 saturated heterocycles. The summed E-state index contributed by atoms with van der Waals surface area (Å²) in [5.74, 6) is -1.24. The van der Waals surface area contributed by atoms with Crippen molar-refractivity contribution < 1.29 is 37.3 Å². The summed E-state index contributed by atoms with van der Waals surface area (Å²) in [5.41, 5.74) is -1.88. The summed E-state index contributed by atoms with van der Waals surface area (Å²) in [4.78, 5) is 23.0. The summed E-state index contributed by atoms with van der Waals surface area (Å²) in [6, 6.07) is 8.56. The third-order valence-electron chi connectivity index (χ3n) is 3.74. The molecule has 2 aromatic rings. The zero-order valence-corrected chi connectivity index (χ0v) is 16.7. The van der Waals surface area contributed by atoms with Crippen molar-refractivity contribution in [1.82, 2.24) is 5.32 Å². The topological polar surface area (TPSA) is 84.9 Å². The van der Waals surface area contributed by atoms with Crippen molar-refractivity contribution in [3.63, 3.8) is 0 Å². The van der Waals surface area contributed by atoms with E-state index in [1.54, 1.807) is 20.8 Å². The predicted molar refractivity (Wildman–Crippen MR) is 104 cm³/mol. The van der Waals surface area contributed by atoms with Crippen molar-refractivity contribution in [2.24, 2.45) is 0 Å². The SMILES string of the molecule is CC(C)(C)OC(=O)NCCOc1cc(C(=O)O)cc(-c2ccccc2C(F)(F)F)c1. The second kappa shape index (κ2) is 9.06. The highest BCUT2D eigenvalue weighted by Gasteiger charge is 2.33. The number of nitrogens with one attached hydrogen (secondary N) is 1. The molecule has 2 rings (SSSR count). The predicted octanol–water partition coefficient (Wildman–Crippen LogP) is 4.97. The molecular weight excluding hydrogens is 403 g/mol. The minimum absolute atomic E-state index is 0.0390. The highest BCUT2D eigenvalue weighted by atomic mass is 19.4. The Hall–Kier alpha value is -3.23. The van der Waals surface area contributed by atoms with Crippen LogP contribution in [0.25, 0.3) is 11.1 Å². The molecule has 0 aliphatic rings. The molecule has 9 heteroatoms. The summed E-state index contributed by atoms with van der Waals surface area (Å²) in [6.07, 6.45) is -5.25. The van der Waals surface area contributed by atoms with Crippen LogP contribution in [0.15, 0.2) is 42.5 Å². The van der Waals surface area contributed by atoms with Crippen molar-refractivity contribution in [2.75, 3.05) is 13.2 Å². The van der Waals surface area contributed by atoms with E-state index >= 15 is 0 Å². The Labute approximate surface area is 171 Å². The van der Waals surface area contributed by atoms with Gasteiger partial charge < -0.3 is 19.9 Å². The molecule has 2 N–H and O–H groups in total. The third kappa shape index (κ3) is 6.68. The molecule has 0 spiro atoms. The first-order chi connectivity index (χ1) is 13.9. The maximum atomic E-state index is 13.3. The number of alkyl carbamates (subject to hydrolysis) is 1. The maximum Gasteiger partial charge on any atom is 0.417 e. The van der Waals surface area contributed by atoms with Crippen LogP contribution in [0, 0.1) is 0 Å². The number of carbonyl (C=O) groups is 2. The fourth-order valence-electron chi connectivity index (χ4n) is 2.58. The van der Waals surface area contributed by atoms with Crippen molar-refractivity contribution >= 4 is 12.1 Å². The lowest BCUT2D eigenvalue weighted by Crippen LogP contribution is -2.34. The van der Waals surface area contributed by atoms with Gasteiger partial charge in [-0.05, 0) is 56.2 Å². The lowest BCUT2D eigenvalue weighted by atomic mass is 9.97. The standard InChI is InChI=1S/C21H22F3NO5/c1-20(2,3)30-19(28)25-8-9-29-15-11-13(10-14(12-15)18(26)27)16-6-4-5-7-17(16)21(22,23)24/h4-7,10-12H,8-9H2,1-3H3,(H,25,28)(H,26,27). The number of alkyl halides is 3. The minimum Gasteiger partial charge on any atom is -0.492 e. The Morgan fingerprint density at radius 2 is 1.73 bits per heavy atom. The molecule has 0 aromatic heterocycles. The number of hydrogen-bond donors (Lipinski definition) is 2. The highest BCUT2D eigenvalue weighted by Crippen LogP contribution is 2.38. The molecule has 0 aliphatic carbocycles. The van der Waals surface area contributed by atoms with Crippen LogP contribution in [-0.2, 0) is 10.9 Å². The van der Waals surface area contributed by atoms with Crippen LogP contribution in [0.5, 0.6) is 5.75 Å². The Bertz CT molecular complexity index is 920. The molecule has 0 aliphatic heterocycles. The lowest BCUT2D eigenvalue weighted by molar-refractivity contribution is -0.137. The van der Waals surface area contributed by atoms with Gasteiger partial charge in [-0.1, -0.05) is 18.2 Å². The molecule has 0 bridgehead atoms. The zero-order chi connectivity index (χ0) is 22.5. The summed E-state index contributed by atoms with van der Waals surface area (Å²) in [6.45, 7) is 5.14. The number of aromatic carboxylic acids is 1. The van der Waals surface area contributed by atoms with Crippen LogP contribution in [0.3, 0.4) is 0 Å². The van der Waals surface area contributed by atoms with Gasteiger partial charge in [0.25, 0.3) is 0 Å². The van der Waals surface area contributed by atoms with Gasteiger partial charge in [-0.15, -0.1) is 0 Å². The minimum atomic E-state index is -4.60. The Balaban J connectivity index is 2.20. The normalized spacial score (nSPS) is 11.7. The van der Waals surface area contributed by atoms with Gasteiger partial charge in [-0.3, -0.25) is 0 Å². The number of halogens is 3. The van der Waals surface area contributed by atoms with Crippen molar-refractivity contribution in [3.05, 3.63) is 53.6 Å². The van der Waals surface area contributed by atoms with E-state index in [0.717, 1.165) is 12.1 Å². The van der Waals surface area contributed by atoms with E-state index in [4.69, 9.17) is 9.47 Å². The van der Waals surface area contributed by atoms with Crippen molar-refractivity contribution in [1.29, 1.82) is 0 Å². The molecule has 6 nitrogen and oxygen atoms in total. The Morgan fingerprint density at radius 1 is 1.07 bits per heavy atom. The fourth-order valence-corrected chi connectivity index (χ4v) is 2.58. The van der Waals surface area contributed by atoms with Gasteiger partial charge in [-0.25, -0.2) is 9.59 Å². The molecule has 30 heavy (non-hydrogen) atoms. The van der Waals surface area contributed by atoms with Crippen molar-refractivity contribution in [3.8, 4) is 16.9 Å². The monoisotopic (exact) mass is 425 g/mol. The number of carboxylic acid groups (broad SMARTS) is 1. The molecule has 162 valence electrons. The molecule has 0 fully saturated rings. The average molecular weight is 425 g/mol. The number of amides is 1. The van der Waals surface area contributed by atoms with Crippen molar-refractivity contribution in [2.45, 2.75) is 32.5 Å². The van der Waals surface area contributed by atoms with Gasteiger partial charge in [0.1, 0.15) is 18.0 Å². The quantitative estimate of drug-likeness (QED) is 0.638. The van der Waals surface area contributed by atoms with Crippen LogP contribution in [0.2, 0.25) is 0 Å². The first-order valence-electron chi connectivity index (χ1n) is 9.01. The molecule has 1 amide bonds. The number of rotatable bonds is 6. The summed E-state index contributed by atoms with van der Waals surface area (Å²) in [5, 5.41) is 11.8. The Morgan fingerprint density at radius 3 is 2.33 bits per heavy atom. The second-order valence-electron chi connectivity index (χ2n) is 7.37. The number of hydrogen-bond acceptors (Lipinski definition) is 4. The number of ether oxygens (including phenoxy) is 2. The first-order valence-corrected chi connectivity index (χ1v) is 9.01. The van der Waals surface area contributed by atoms with E-state index in [2.05, 4.69) is 5.32 Å². The van der Waals surface area contributed by atoms with E-state index in [0.29, 0.717) is 0 Å². The van der Waals surface area contributed by atoms with Gasteiger partial charge in [0.2, 0.25) is 0 Å². The number of carboxylic acids is 1. The van der Waals surface area contributed by atoms with Gasteiger partial charge in [0, 0.05) is 0 Å². The average Bonchev–Trinajstić information content (AvgIpc) is 2.63. The Kier molecular flexibility index (Phi) is 6.96. The molecule has 2 aromatic carbocycles. The number of benzene rings is 2. The maximum absolute atomic E-state index is 13.3. The first kappa shape index (κ1) is 23.1. The van der Waals surface area contributed by atoms with Crippen LogP contribution in [0.4, 0.5) is 18.0 Å². The van der Waals surface area contributed by atoms with Crippen LogP contribution >= 0.6 is 0 Å². The summed E-state index contributed by atoms with van der Waals surface area (Å²) < 4.78 is 50.5. The molecule has 0 unspecified atom stereocenters. The number of carbonyl (C=O) groups excluding carboxylic acids is 1. The molecule has 0 atom stereocenters. The van der Waals surface area contributed by atoms with E-state index in [9.17, 15) is 27.9 Å². The summed E-state index contributed by atoms with van der Waals surface area (Å²) in [7, 11) is 0. The van der Waals surface area contributed by atoms with E-state index < -0.39 is 29.4 Å². The fraction of sp³-hybridized carbons (Fsp3) is 0.333. The van der Waals surface area contributed by atoms with Gasteiger partial charge in [-0.2, -0.15) is 13.2 Å². The molecular formula is C21H22F3NO5. The lowest BCUT2D eigenvalue weighted by Gasteiger charge is -2.19. The van der Waals surface area contributed by atoms with Gasteiger partial charge >= 0.3 is 18.2 Å². The molecule has 0 heterocycles. The van der Waals surface area contributed by atoms with Gasteiger partial charge in [0.15, 0.2) is 0 Å². The van der Waals surface area contributed by atoms with Gasteiger partial charge in [0.05, 0.1) is 17.7 Å². The largest absolute Gasteiger partial charge is 0.492 e. The summed E-state index contributed by atoms with van der Waals surface area (Å²) >= 11 is 0. The smallest absolute Gasteiger partial charge is 0.417 e. The molecule has 0 saturated carbocycles. The van der Waals surface area contributed by atoms with Crippen LogP contribution in [0.1, 0.15) is 36.7 Å². The zero-order valence-electron chi connectivity index (χ0n) is 16.7. The van der Waals surface area contributed by atoms with E-state index in [1.165, 1.54) is 30.3 Å². The third-order valence-corrected chi connectivity index (χ3v) is 3.74. The molecule has 0 radical (unpaired) electrons. The van der Waals surface area contributed by atoms with E-state index in [-0.39, 0.29) is 35.6 Å².